The number of hydrogen-bond donors (Lipinski definition) is 2. The molecule has 2 aromatic heterocycles. The summed E-state index contributed by atoms with van der Waals surface area (Å²) >= 11 is 1.73. The lowest BCUT2D eigenvalue weighted by molar-refractivity contribution is -0.125. The van der Waals surface area contributed by atoms with Gasteiger partial charge in [0.15, 0.2) is 0 Å². The lowest BCUT2D eigenvalue weighted by Crippen LogP contribution is -2.47. The molecule has 1 aromatic carbocycles. The number of aryl methyl sites for hydroxylation is 1. The van der Waals surface area contributed by atoms with E-state index in [0.717, 1.165) is 11.1 Å². The minimum absolute atomic E-state index is 0.0700. The number of aromatic nitrogens is 1. The molecule has 0 saturated carbocycles. The molecule has 1 aliphatic heterocycles. The first kappa shape index (κ1) is 21.2. The van der Waals surface area contributed by atoms with E-state index in [1.54, 1.807) is 34.6 Å². The number of carbonyl (C=O) groups excluding carboxylic acids is 2. The molecule has 31 heavy (non-hydrogen) atoms. The minimum atomic E-state index is -0.667. The van der Waals surface area contributed by atoms with Gasteiger partial charge in [0, 0.05) is 41.0 Å². The Labute approximate surface area is 186 Å². The zero-order valence-corrected chi connectivity index (χ0v) is 19.0. The molecule has 1 aliphatic rings. The molecule has 7 heteroatoms. The fourth-order valence-corrected chi connectivity index (χ4v) is 4.76. The van der Waals surface area contributed by atoms with Crippen LogP contribution in [0.15, 0.2) is 42.6 Å². The smallest absolute Gasteiger partial charge is 0.246 e. The van der Waals surface area contributed by atoms with Crippen LogP contribution in [0.2, 0.25) is 0 Å². The zero-order chi connectivity index (χ0) is 22.2. The van der Waals surface area contributed by atoms with Gasteiger partial charge in [0.1, 0.15) is 5.82 Å². The van der Waals surface area contributed by atoms with Crippen LogP contribution >= 0.6 is 11.3 Å². The van der Waals surface area contributed by atoms with E-state index < -0.39 is 5.54 Å². The molecule has 2 amide bonds. The molecule has 0 radical (unpaired) electrons. The van der Waals surface area contributed by atoms with Gasteiger partial charge in [0.05, 0.1) is 12.1 Å². The second kappa shape index (κ2) is 8.24. The Morgan fingerprint density at radius 2 is 2.10 bits per heavy atom. The van der Waals surface area contributed by atoms with Crippen molar-refractivity contribution in [3.63, 3.8) is 0 Å². The van der Waals surface area contributed by atoms with Crippen LogP contribution < -0.4 is 10.6 Å². The van der Waals surface area contributed by atoms with Gasteiger partial charge in [-0.25, -0.2) is 4.98 Å². The number of thiophene rings is 1. The Hall–Kier alpha value is -3.03. The molecule has 6 nitrogen and oxygen atoms in total. The van der Waals surface area contributed by atoms with Crippen molar-refractivity contribution >= 4 is 45.1 Å². The molecule has 0 saturated heterocycles. The van der Waals surface area contributed by atoms with Crippen LogP contribution in [0, 0.1) is 6.92 Å². The van der Waals surface area contributed by atoms with E-state index in [0.29, 0.717) is 18.9 Å². The molecule has 0 bridgehead atoms. The van der Waals surface area contributed by atoms with Crippen LogP contribution in [0.1, 0.15) is 35.4 Å². The van der Waals surface area contributed by atoms with Crippen molar-refractivity contribution in [2.45, 2.75) is 39.4 Å². The maximum absolute atomic E-state index is 12.7. The van der Waals surface area contributed by atoms with Crippen LogP contribution in [0.5, 0.6) is 0 Å². The number of benzene rings is 1. The number of fused-ring (bicyclic) bond motifs is 2. The highest BCUT2D eigenvalue weighted by atomic mass is 32.1. The number of amides is 2. The Morgan fingerprint density at radius 1 is 1.32 bits per heavy atom. The molecular formula is C24H26N4O2S. The molecule has 0 aliphatic carbocycles. The van der Waals surface area contributed by atoms with Crippen molar-refractivity contribution in [2.24, 2.45) is 0 Å². The van der Waals surface area contributed by atoms with Crippen molar-refractivity contribution < 1.29 is 9.59 Å². The number of hydrogen-bond acceptors (Lipinski definition) is 5. The van der Waals surface area contributed by atoms with E-state index in [9.17, 15) is 9.59 Å². The number of nitrogens with one attached hydrogen (secondary N) is 2. The van der Waals surface area contributed by atoms with Crippen molar-refractivity contribution in [2.75, 3.05) is 12.4 Å². The van der Waals surface area contributed by atoms with Gasteiger partial charge in [-0.15, -0.1) is 11.3 Å². The van der Waals surface area contributed by atoms with E-state index in [1.165, 1.54) is 20.5 Å². The van der Waals surface area contributed by atoms with Crippen LogP contribution in [0.4, 0.5) is 5.82 Å². The summed E-state index contributed by atoms with van der Waals surface area (Å²) in [6.07, 6.45) is 5.00. The molecule has 0 unspecified atom stereocenters. The van der Waals surface area contributed by atoms with Crippen molar-refractivity contribution in [1.29, 1.82) is 0 Å². The summed E-state index contributed by atoms with van der Waals surface area (Å²) in [5, 5.41) is 7.34. The van der Waals surface area contributed by atoms with Gasteiger partial charge in [0.25, 0.3) is 0 Å². The molecule has 0 spiro atoms. The summed E-state index contributed by atoms with van der Waals surface area (Å²) in [6, 6.07) is 10.3. The van der Waals surface area contributed by atoms with E-state index in [1.807, 2.05) is 39.1 Å². The third kappa shape index (κ3) is 4.38. The molecule has 0 fully saturated rings. The first-order valence-corrected chi connectivity index (χ1v) is 11.0. The standard InChI is InChI=1S/C24H26N4O2S/c1-15-18-7-5-6-8-19(18)31-20(15)14-28(4)21(29)10-9-16-11-17-13-26-24(2,3)23(30)27-22(17)25-12-16/h5-12,26H,13-14H2,1-4H3,(H,25,27,30)/b10-9+. The van der Waals surface area contributed by atoms with Crippen LogP contribution in [-0.2, 0) is 22.7 Å². The first-order chi connectivity index (χ1) is 14.7. The molecule has 4 rings (SSSR count). The number of nitrogens with zero attached hydrogens (tertiary/aromatic N) is 2. The molecule has 3 heterocycles. The predicted octanol–water partition coefficient (Wildman–Crippen LogP) is 4.10. The number of likely N-dealkylation sites (N-methyl/N-ethyl adjacent to an activating group) is 1. The minimum Gasteiger partial charge on any atom is -0.337 e. The number of pyridine rings is 1. The van der Waals surface area contributed by atoms with Crippen molar-refractivity contribution in [3.05, 3.63) is 64.2 Å². The lowest BCUT2D eigenvalue weighted by atomic mass is 10.1. The average Bonchev–Trinajstić information content (AvgIpc) is 3.00. The quantitative estimate of drug-likeness (QED) is 0.607. The molecule has 2 N–H and O–H groups in total. The highest BCUT2D eigenvalue weighted by Crippen LogP contribution is 2.31. The summed E-state index contributed by atoms with van der Waals surface area (Å²) in [6.45, 7) is 6.87. The monoisotopic (exact) mass is 434 g/mol. The normalized spacial score (nSPS) is 15.5. The predicted molar refractivity (Wildman–Crippen MR) is 126 cm³/mol. The van der Waals surface area contributed by atoms with Crippen molar-refractivity contribution in [3.8, 4) is 0 Å². The van der Waals surface area contributed by atoms with Crippen LogP contribution in [0.3, 0.4) is 0 Å². The second-order valence-corrected chi connectivity index (χ2v) is 9.52. The Balaban J connectivity index is 1.46. The van der Waals surface area contributed by atoms with E-state index in [2.05, 4.69) is 34.7 Å². The molecule has 0 atom stereocenters. The lowest BCUT2D eigenvalue weighted by Gasteiger charge is -2.21. The third-order valence-electron chi connectivity index (χ3n) is 5.63. The maximum Gasteiger partial charge on any atom is 0.246 e. The zero-order valence-electron chi connectivity index (χ0n) is 18.2. The highest BCUT2D eigenvalue weighted by Gasteiger charge is 2.30. The Morgan fingerprint density at radius 3 is 2.87 bits per heavy atom. The fourth-order valence-electron chi connectivity index (χ4n) is 3.49. The highest BCUT2D eigenvalue weighted by molar-refractivity contribution is 7.19. The summed E-state index contributed by atoms with van der Waals surface area (Å²) in [4.78, 5) is 32.2. The largest absolute Gasteiger partial charge is 0.337 e. The topological polar surface area (TPSA) is 74.3 Å². The maximum atomic E-state index is 12.7. The fraction of sp³-hybridized carbons (Fsp3) is 0.292. The van der Waals surface area contributed by atoms with Gasteiger partial charge in [-0.1, -0.05) is 18.2 Å². The van der Waals surface area contributed by atoms with Crippen molar-refractivity contribution in [1.82, 2.24) is 15.2 Å². The third-order valence-corrected chi connectivity index (χ3v) is 6.88. The van der Waals surface area contributed by atoms with Crippen LogP contribution in [-0.4, -0.2) is 34.3 Å². The first-order valence-electron chi connectivity index (χ1n) is 10.2. The SMILES string of the molecule is Cc1c(CN(C)C(=O)/C=C/c2cnc3c(c2)CNC(C)(C)C(=O)N3)sc2ccccc12. The summed E-state index contributed by atoms with van der Waals surface area (Å²) < 4.78 is 1.24. The summed E-state index contributed by atoms with van der Waals surface area (Å²) in [5.41, 5.74) is 2.27. The van der Waals surface area contributed by atoms with E-state index in [4.69, 9.17) is 0 Å². The van der Waals surface area contributed by atoms with Gasteiger partial charge in [-0.05, 0) is 55.5 Å². The number of carbonyl (C=O) groups is 2. The average molecular weight is 435 g/mol. The van der Waals surface area contributed by atoms with Gasteiger partial charge in [0.2, 0.25) is 11.8 Å². The summed E-state index contributed by atoms with van der Waals surface area (Å²) in [5.74, 6) is 0.374. The summed E-state index contributed by atoms with van der Waals surface area (Å²) in [7, 11) is 1.81. The second-order valence-electron chi connectivity index (χ2n) is 8.38. The Bertz CT molecular complexity index is 1200. The molecular weight excluding hydrogens is 408 g/mol. The van der Waals surface area contributed by atoms with Gasteiger partial charge in [-0.3, -0.25) is 14.9 Å². The van der Waals surface area contributed by atoms with E-state index in [-0.39, 0.29) is 11.8 Å². The Kier molecular flexibility index (Phi) is 5.64. The molecule has 160 valence electrons. The molecule has 3 aromatic rings. The number of anilines is 1. The van der Waals surface area contributed by atoms with Crippen LogP contribution in [0.25, 0.3) is 16.2 Å². The van der Waals surface area contributed by atoms with Gasteiger partial charge >= 0.3 is 0 Å². The number of rotatable bonds is 4. The van der Waals surface area contributed by atoms with Gasteiger partial charge < -0.3 is 10.2 Å². The van der Waals surface area contributed by atoms with E-state index >= 15 is 0 Å². The van der Waals surface area contributed by atoms with Gasteiger partial charge in [-0.2, -0.15) is 0 Å².